The Balaban J connectivity index is 1.55. The molecule has 1 aliphatic heterocycles. The first-order valence-corrected chi connectivity index (χ1v) is 9.59. The number of hydrogen-bond acceptors (Lipinski definition) is 3. The van der Waals surface area contributed by atoms with E-state index < -0.39 is 0 Å². The smallest absolute Gasteiger partial charge is 0.317 e. The highest BCUT2D eigenvalue weighted by Gasteiger charge is 2.34. The van der Waals surface area contributed by atoms with Gasteiger partial charge in [0.1, 0.15) is 5.75 Å². The summed E-state index contributed by atoms with van der Waals surface area (Å²) in [7, 11) is 1.64. The Bertz CT molecular complexity index is 816. The molecule has 0 aromatic heterocycles. The van der Waals surface area contributed by atoms with Crippen LogP contribution in [0.15, 0.2) is 42.5 Å². The van der Waals surface area contributed by atoms with Crippen LogP contribution in [0.2, 0.25) is 10.0 Å². The van der Waals surface area contributed by atoms with E-state index in [1.54, 1.807) is 24.1 Å². The van der Waals surface area contributed by atoms with Gasteiger partial charge in [-0.25, -0.2) is 4.79 Å². The van der Waals surface area contributed by atoms with Crippen LogP contribution in [0.3, 0.4) is 0 Å². The molecule has 7 heteroatoms. The van der Waals surface area contributed by atoms with Crippen LogP contribution >= 0.6 is 23.2 Å². The number of nitrogens with one attached hydrogen (secondary N) is 1. The summed E-state index contributed by atoms with van der Waals surface area (Å²) in [5, 5.41) is 4.14. The molecule has 0 radical (unpaired) electrons. The van der Waals surface area contributed by atoms with Gasteiger partial charge in [-0.05, 0) is 41.8 Å². The molecule has 2 amide bonds. The van der Waals surface area contributed by atoms with E-state index in [4.69, 9.17) is 33.7 Å². The van der Waals surface area contributed by atoms with Gasteiger partial charge < -0.3 is 20.7 Å². The minimum absolute atomic E-state index is 0.00102. The Morgan fingerprint density at radius 3 is 2.81 bits per heavy atom. The monoisotopic (exact) mass is 407 g/mol. The molecule has 0 spiro atoms. The molecule has 1 saturated heterocycles. The number of amides is 2. The van der Waals surface area contributed by atoms with E-state index in [1.807, 2.05) is 30.3 Å². The van der Waals surface area contributed by atoms with Crippen LogP contribution in [0.5, 0.6) is 5.75 Å². The van der Waals surface area contributed by atoms with Gasteiger partial charge in [-0.2, -0.15) is 0 Å². The van der Waals surface area contributed by atoms with Gasteiger partial charge in [0, 0.05) is 41.6 Å². The van der Waals surface area contributed by atoms with Crippen LogP contribution in [0, 0.1) is 0 Å². The highest BCUT2D eigenvalue weighted by atomic mass is 35.5. The van der Waals surface area contributed by atoms with Crippen molar-refractivity contribution in [3.05, 3.63) is 63.6 Å². The molecule has 5 nitrogen and oxygen atoms in total. The van der Waals surface area contributed by atoms with E-state index in [0.717, 1.165) is 23.3 Å². The number of rotatable bonds is 5. The first-order chi connectivity index (χ1) is 13.0. The molecule has 144 valence electrons. The molecule has 2 unspecified atom stereocenters. The molecule has 1 heterocycles. The summed E-state index contributed by atoms with van der Waals surface area (Å²) >= 11 is 12.3. The van der Waals surface area contributed by atoms with Crippen LogP contribution in [-0.4, -0.2) is 43.7 Å². The Morgan fingerprint density at radius 2 is 2.07 bits per heavy atom. The van der Waals surface area contributed by atoms with Crippen LogP contribution in [0.4, 0.5) is 4.79 Å². The zero-order valence-electron chi connectivity index (χ0n) is 15.1. The number of carbonyl (C=O) groups is 1. The van der Waals surface area contributed by atoms with Crippen LogP contribution in [0.25, 0.3) is 0 Å². The number of benzene rings is 2. The molecule has 2 atom stereocenters. The van der Waals surface area contributed by atoms with Crippen molar-refractivity contribution in [3.8, 4) is 5.75 Å². The lowest BCUT2D eigenvalue weighted by Gasteiger charge is -2.18. The van der Waals surface area contributed by atoms with Crippen LogP contribution in [-0.2, 0) is 6.42 Å². The summed E-state index contributed by atoms with van der Waals surface area (Å²) < 4.78 is 5.22. The molecule has 2 aromatic carbocycles. The second kappa shape index (κ2) is 8.83. The van der Waals surface area contributed by atoms with E-state index >= 15 is 0 Å². The lowest BCUT2D eigenvalue weighted by molar-refractivity contribution is 0.208. The van der Waals surface area contributed by atoms with E-state index in [1.165, 1.54) is 0 Å². The van der Waals surface area contributed by atoms with Crippen molar-refractivity contribution < 1.29 is 9.53 Å². The van der Waals surface area contributed by atoms with E-state index in [-0.39, 0.29) is 18.0 Å². The number of nitrogens with two attached hydrogens (primary N) is 1. The molecule has 2 aromatic rings. The quantitative estimate of drug-likeness (QED) is 0.793. The molecule has 3 rings (SSSR count). The van der Waals surface area contributed by atoms with Crippen molar-refractivity contribution >= 4 is 29.2 Å². The SMILES string of the molecule is COc1cccc(CCNC(=O)N2CC(N)C(c3ccc(Cl)cc3Cl)C2)c1. The zero-order chi connectivity index (χ0) is 19.4. The van der Waals surface area contributed by atoms with Crippen LogP contribution < -0.4 is 15.8 Å². The third-order valence-corrected chi connectivity index (χ3v) is 5.40. The molecule has 27 heavy (non-hydrogen) atoms. The van der Waals surface area contributed by atoms with Crippen molar-refractivity contribution in [2.75, 3.05) is 26.7 Å². The Kier molecular flexibility index (Phi) is 6.47. The Morgan fingerprint density at radius 1 is 1.26 bits per heavy atom. The minimum Gasteiger partial charge on any atom is -0.497 e. The fourth-order valence-corrected chi connectivity index (χ4v) is 3.93. The Labute approximate surface area is 169 Å². The summed E-state index contributed by atoms with van der Waals surface area (Å²) in [6.45, 7) is 1.58. The van der Waals surface area contributed by atoms with Gasteiger partial charge in [-0.15, -0.1) is 0 Å². The highest BCUT2D eigenvalue weighted by Crippen LogP contribution is 2.33. The molecule has 0 aliphatic carbocycles. The average molecular weight is 408 g/mol. The van der Waals surface area contributed by atoms with Gasteiger partial charge in [0.05, 0.1) is 7.11 Å². The fraction of sp³-hybridized carbons (Fsp3) is 0.350. The normalized spacial score (nSPS) is 19.2. The van der Waals surface area contributed by atoms with Crippen molar-refractivity contribution in [1.82, 2.24) is 10.2 Å². The number of halogens is 2. The molecule has 3 N–H and O–H groups in total. The van der Waals surface area contributed by atoms with Crippen molar-refractivity contribution in [1.29, 1.82) is 0 Å². The maximum absolute atomic E-state index is 12.5. The topological polar surface area (TPSA) is 67.6 Å². The second-order valence-electron chi connectivity index (χ2n) is 6.67. The summed E-state index contributed by atoms with van der Waals surface area (Å²) in [6, 6.07) is 12.9. The standard InChI is InChI=1S/C20H23Cl2N3O2/c1-27-15-4-2-3-13(9-15)7-8-24-20(26)25-11-17(19(23)12-25)16-6-5-14(21)10-18(16)22/h2-6,9-10,17,19H,7-8,11-12,23H2,1H3,(H,24,26). The van der Waals surface area contributed by atoms with E-state index in [9.17, 15) is 4.79 Å². The molecular formula is C20H23Cl2N3O2. The van der Waals surface area contributed by atoms with Crippen molar-refractivity contribution in [2.24, 2.45) is 5.73 Å². The molecule has 0 bridgehead atoms. The lowest BCUT2D eigenvalue weighted by Crippen LogP contribution is -2.40. The molecule has 1 aliphatic rings. The summed E-state index contributed by atoms with van der Waals surface area (Å²) in [5.41, 5.74) is 8.31. The van der Waals surface area contributed by atoms with Gasteiger partial charge >= 0.3 is 6.03 Å². The average Bonchev–Trinajstić information content (AvgIpc) is 3.03. The van der Waals surface area contributed by atoms with Gasteiger partial charge in [-0.3, -0.25) is 0 Å². The maximum Gasteiger partial charge on any atom is 0.317 e. The van der Waals surface area contributed by atoms with Crippen molar-refractivity contribution in [3.63, 3.8) is 0 Å². The molecule has 0 saturated carbocycles. The molecule has 1 fully saturated rings. The number of likely N-dealkylation sites (tertiary alicyclic amines) is 1. The summed E-state index contributed by atoms with van der Waals surface area (Å²) in [4.78, 5) is 14.2. The minimum atomic E-state index is -0.159. The number of carbonyl (C=O) groups excluding carboxylic acids is 1. The Hall–Kier alpha value is -1.95. The number of nitrogens with zero attached hydrogens (tertiary/aromatic N) is 1. The fourth-order valence-electron chi connectivity index (χ4n) is 3.38. The van der Waals surface area contributed by atoms with Gasteiger partial charge in [0.15, 0.2) is 0 Å². The van der Waals surface area contributed by atoms with Gasteiger partial charge in [0.2, 0.25) is 0 Å². The van der Waals surface area contributed by atoms with Gasteiger partial charge in [0.25, 0.3) is 0 Å². The molecular weight excluding hydrogens is 385 g/mol. The highest BCUT2D eigenvalue weighted by molar-refractivity contribution is 6.35. The second-order valence-corrected chi connectivity index (χ2v) is 7.52. The van der Waals surface area contributed by atoms with E-state index in [0.29, 0.717) is 29.7 Å². The lowest BCUT2D eigenvalue weighted by atomic mass is 9.95. The third kappa shape index (κ3) is 4.86. The number of methoxy groups -OCH3 is 1. The largest absolute Gasteiger partial charge is 0.497 e. The first-order valence-electron chi connectivity index (χ1n) is 8.84. The number of urea groups is 1. The number of ether oxygens (including phenoxy) is 1. The zero-order valence-corrected chi connectivity index (χ0v) is 16.6. The first kappa shape index (κ1) is 19.8. The maximum atomic E-state index is 12.5. The van der Waals surface area contributed by atoms with Gasteiger partial charge in [-0.1, -0.05) is 41.4 Å². The summed E-state index contributed by atoms with van der Waals surface area (Å²) in [6.07, 6.45) is 0.731. The predicted molar refractivity (Wildman–Crippen MR) is 109 cm³/mol. The number of hydrogen-bond donors (Lipinski definition) is 2. The van der Waals surface area contributed by atoms with Crippen molar-refractivity contribution in [2.45, 2.75) is 18.4 Å². The summed E-state index contributed by atoms with van der Waals surface area (Å²) in [5.74, 6) is 0.811. The van der Waals surface area contributed by atoms with Crippen LogP contribution in [0.1, 0.15) is 17.0 Å². The third-order valence-electron chi connectivity index (χ3n) is 4.84. The predicted octanol–water partition coefficient (Wildman–Crippen LogP) is 3.68. The van der Waals surface area contributed by atoms with E-state index in [2.05, 4.69) is 5.32 Å².